The van der Waals surface area contributed by atoms with Crippen molar-refractivity contribution in [3.8, 4) is 11.7 Å². The third kappa shape index (κ3) is 3.17. The van der Waals surface area contributed by atoms with E-state index in [0.29, 0.717) is 23.9 Å². The van der Waals surface area contributed by atoms with Gasteiger partial charge >= 0.3 is 0 Å². The van der Waals surface area contributed by atoms with E-state index in [1.54, 1.807) is 12.1 Å². The first kappa shape index (κ1) is 15.9. The number of aryl methyl sites for hydroxylation is 1. The van der Waals surface area contributed by atoms with Gasteiger partial charge in [0.2, 0.25) is 11.0 Å². The number of anilines is 1. The van der Waals surface area contributed by atoms with Crippen molar-refractivity contribution < 1.29 is 17.3 Å². The van der Waals surface area contributed by atoms with E-state index in [9.17, 15) is 8.42 Å². The minimum atomic E-state index is -3.84. The molecule has 0 atom stereocenters. The lowest BCUT2D eigenvalue weighted by atomic mass is 10.1. The Morgan fingerprint density at radius 1 is 1.12 bits per heavy atom. The number of benzene rings is 1. The predicted molar refractivity (Wildman–Crippen MR) is 90.6 cm³/mol. The van der Waals surface area contributed by atoms with Gasteiger partial charge in [0.25, 0.3) is 15.9 Å². The second kappa shape index (κ2) is 6.03. The Morgan fingerprint density at radius 3 is 2.68 bits per heavy atom. The van der Waals surface area contributed by atoms with E-state index in [0.717, 1.165) is 18.4 Å². The van der Waals surface area contributed by atoms with Crippen LogP contribution in [-0.4, -0.2) is 18.6 Å². The standard InChI is InChI=1S/C17H17N3O4S/c1-2-11-5-3-4-6-13(11)20-25(21,22)15-10-9-14(23-15)17-19-18-16(24-17)12-7-8-12/h3-6,9-10,12,20H,2,7-8H2,1H3. The Bertz CT molecular complexity index is 1000. The molecule has 2 heterocycles. The number of hydrogen-bond acceptors (Lipinski definition) is 6. The molecule has 7 nitrogen and oxygen atoms in total. The summed E-state index contributed by atoms with van der Waals surface area (Å²) in [6, 6.07) is 10.2. The van der Waals surface area contributed by atoms with Gasteiger partial charge in [-0.2, -0.15) is 8.42 Å². The zero-order chi connectivity index (χ0) is 17.4. The first-order chi connectivity index (χ1) is 12.1. The van der Waals surface area contributed by atoms with Crippen LogP contribution in [0.25, 0.3) is 11.7 Å². The summed E-state index contributed by atoms with van der Waals surface area (Å²) in [6.07, 6.45) is 2.80. The fourth-order valence-electron chi connectivity index (χ4n) is 2.53. The molecule has 0 unspecified atom stereocenters. The van der Waals surface area contributed by atoms with Gasteiger partial charge in [-0.1, -0.05) is 25.1 Å². The number of aromatic nitrogens is 2. The second-order valence-electron chi connectivity index (χ2n) is 5.95. The molecule has 1 fully saturated rings. The maximum absolute atomic E-state index is 12.6. The molecule has 0 amide bonds. The van der Waals surface area contributed by atoms with E-state index in [4.69, 9.17) is 8.83 Å². The Labute approximate surface area is 145 Å². The molecule has 0 bridgehead atoms. The Morgan fingerprint density at radius 2 is 1.92 bits per heavy atom. The number of nitrogens with zero attached hydrogens (tertiary/aromatic N) is 2. The van der Waals surface area contributed by atoms with E-state index >= 15 is 0 Å². The summed E-state index contributed by atoms with van der Waals surface area (Å²) in [4.78, 5) is 0. The van der Waals surface area contributed by atoms with Crippen LogP contribution in [0.3, 0.4) is 0 Å². The highest BCUT2D eigenvalue weighted by Gasteiger charge is 2.30. The Kier molecular flexibility index (Phi) is 3.84. The molecule has 2 aromatic heterocycles. The lowest BCUT2D eigenvalue weighted by molar-refractivity contribution is 0.435. The molecule has 1 saturated carbocycles. The highest BCUT2D eigenvalue weighted by Crippen LogP contribution is 2.40. The number of sulfonamides is 1. The van der Waals surface area contributed by atoms with Crippen molar-refractivity contribution in [3.63, 3.8) is 0 Å². The normalized spacial score (nSPS) is 14.6. The van der Waals surface area contributed by atoms with Gasteiger partial charge in [-0.15, -0.1) is 10.2 Å². The molecular weight excluding hydrogens is 342 g/mol. The van der Waals surface area contributed by atoms with Crippen molar-refractivity contribution >= 4 is 15.7 Å². The zero-order valence-corrected chi connectivity index (χ0v) is 14.4. The van der Waals surface area contributed by atoms with E-state index < -0.39 is 10.0 Å². The summed E-state index contributed by atoms with van der Waals surface area (Å²) < 4.78 is 38.7. The molecule has 3 aromatic rings. The van der Waals surface area contributed by atoms with Crippen LogP contribution >= 0.6 is 0 Å². The number of hydrogen-bond donors (Lipinski definition) is 1. The molecule has 1 aliphatic carbocycles. The molecule has 0 aliphatic heterocycles. The molecule has 1 aromatic carbocycles. The molecule has 25 heavy (non-hydrogen) atoms. The van der Waals surface area contributed by atoms with Crippen LogP contribution in [-0.2, 0) is 16.4 Å². The minimum Gasteiger partial charge on any atom is -0.438 e. The van der Waals surface area contributed by atoms with Gasteiger partial charge in [0.1, 0.15) is 0 Å². The Balaban J connectivity index is 1.59. The first-order valence-corrected chi connectivity index (χ1v) is 9.59. The van der Waals surface area contributed by atoms with Gasteiger partial charge in [-0.3, -0.25) is 4.72 Å². The summed E-state index contributed by atoms with van der Waals surface area (Å²) >= 11 is 0. The van der Waals surface area contributed by atoms with Crippen LogP contribution in [0.15, 0.2) is 50.3 Å². The SMILES string of the molecule is CCc1ccccc1NS(=O)(=O)c1ccc(-c2nnc(C3CC3)o2)o1. The number of nitrogens with one attached hydrogen (secondary N) is 1. The van der Waals surface area contributed by atoms with E-state index in [2.05, 4.69) is 14.9 Å². The maximum atomic E-state index is 12.6. The van der Waals surface area contributed by atoms with Gasteiger partial charge in [-0.25, -0.2) is 0 Å². The minimum absolute atomic E-state index is 0.192. The molecule has 1 N–H and O–H groups in total. The van der Waals surface area contributed by atoms with Gasteiger partial charge < -0.3 is 8.83 Å². The molecule has 130 valence electrons. The molecule has 0 saturated heterocycles. The third-order valence-electron chi connectivity index (χ3n) is 4.07. The predicted octanol–water partition coefficient (Wildman–Crippen LogP) is 3.57. The van der Waals surface area contributed by atoms with Gasteiger partial charge in [-0.05, 0) is 43.0 Å². The molecule has 4 rings (SSSR count). The fourth-order valence-corrected chi connectivity index (χ4v) is 3.57. The van der Waals surface area contributed by atoms with Crippen LogP contribution < -0.4 is 4.72 Å². The third-order valence-corrected chi connectivity index (χ3v) is 5.30. The molecule has 0 spiro atoms. The van der Waals surface area contributed by atoms with Crippen molar-refractivity contribution in [2.75, 3.05) is 4.72 Å². The topological polar surface area (TPSA) is 98.2 Å². The summed E-state index contributed by atoms with van der Waals surface area (Å²) in [6.45, 7) is 1.96. The summed E-state index contributed by atoms with van der Waals surface area (Å²) in [5.74, 6) is 1.33. The van der Waals surface area contributed by atoms with Crippen LogP contribution in [0.5, 0.6) is 0 Å². The lowest BCUT2D eigenvalue weighted by Gasteiger charge is -2.09. The average molecular weight is 359 g/mol. The highest BCUT2D eigenvalue weighted by molar-refractivity contribution is 7.92. The van der Waals surface area contributed by atoms with Gasteiger partial charge in [0.15, 0.2) is 5.76 Å². The average Bonchev–Trinajstić information content (AvgIpc) is 3.12. The monoisotopic (exact) mass is 359 g/mol. The highest BCUT2D eigenvalue weighted by atomic mass is 32.2. The zero-order valence-electron chi connectivity index (χ0n) is 13.6. The number of rotatable bonds is 6. The van der Waals surface area contributed by atoms with Crippen LogP contribution in [0.1, 0.15) is 37.1 Å². The quantitative estimate of drug-likeness (QED) is 0.722. The number of furan rings is 1. The smallest absolute Gasteiger partial charge is 0.295 e. The van der Waals surface area contributed by atoms with E-state index in [-0.39, 0.29) is 16.7 Å². The van der Waals surface area contributed by atoms with Crippen LogP contribution in [0, 0.1) is 0 Å². The lowest BCUT2D eigenvalue weighted by Crippen LogP contribution is -2.13. The summed E-state index contributed by atoms with van der Waals surface area (Å²) in [7, 11) is -3.84. The van der Waals surface area contributed by atoms with Crippen molar-refractivity contribution in [2.45, 2.75) is 37.2 Å². The van der Waals surface area contributed by atoms with E-state index in [1.165, 1.54) is 12.1 Å². The number of para-hydroxylation sites is 1. The van der Waals surface area contributed by atoms with Gasteiger partial charge in [0.05, 0.1) is 5.69 Å². The van der Waals surface area contributed by atoms with Crippen molar-refractivity contribution in [1.29, 1.82) is 0 Å². The first-order valence-electron chi connectivity index (χ1n) is 8.11. The van der Waals surface area contributed by atoms with Crippen LogP contribution in [0.2, 0.25) is 0 Å². The van der Waals surface area contributed by atoms with Crippen LogP contribution in [0.4, 0.5) is 5.69 Å². The van der Waals surface area contributed by atoms with Crippen molar-refractivity contribution in [3.05, 3.63) is 47.9 Å². The van der Waals surface area contributed by atoms with Gasteiger partial charge in [0, 0.05) is 5.92 Å². The molecule has 8 heteroatoms. The van der Waals surface area contributed by atoms with Crippen molar-refractivity contribution in [2.24, 2.45) is 0 Å². The summed E-state index contributed by atoms with van der Waals surface area (Å²) in [5, 5.41) is 7.71. The molecule has 1 aliphatic rings. The summed E-state index contributed by atoms with van der Waals surface area (Å²) in [5.41, 5.74) is 1.44. The Hall–Kier alpha value is -2.61. The second-order valence-corrected chi connectivity index (χ2v) is 7.57. The largest absolute Gasteiger partial charge is 0.438 e. The molecule has 0 radical (unpaired) electrons. The van der Waals surface area contributed by atoms with E-state index in [1.807, 2.05) is 19.1 Å². The molecular formula is C17H17N3O4S. The maximum Gasteiger partial charge on any atom is 0.295 e. The van der Waals surface area contributed by atoms with Crippen molar-refractivity contribution in [1.82, 2.24) is 10.2 Å². The fraction of sp³-hybridized carbons (Fsp3) is 0.294.